The normalized spacial score (nSPS) is 11.5. The summed E-state index contributed by atoms with van der Waals surface area (Å²) in [7, 11) is 2.41. The maximum atomic E-state index is 12.6. The number of methoxy groups -OCH3 is 2. The highest BCUT2D eigenvalue weighted by Gasteiger charge is 2.29. The topological polar surface area (TPSA) is 81.7 Å². The number of hydrogen-bond donors (Lipinski definition) is 1. The smallest absolute Gasteiger partial charge is 0.320 e. The molecule has 0 aromatic heterocycles. The molecule has 6 heteroatoms. The van der Waals surface area contributed by atoms with Crippen molar-refractivity contribution in [1.82, 2.24) is 0 Å². The van der Waals surface area contributed by atoms with Crippen LogP contribution in [-0.2, 0) is 23.9 Å². The van der Waals surface area contributed by atoms with Crippen molar-refractivity contribution >= 4 is 23.4 Å². The highest BCUT2D eigenvalue weighted by atomic mass is 16.5. The van der Waals surface area contributed by atoms with Gasteiger partial charge in [-0.15, -0.1) is 0 Å². The molecular formula is C22H25NO5. The number of carbonyl (C=O) groups excluding carboxylic acids is 3. The third-order valence-corrected chi connectivity index (χ3v) is 4.43. The van der Waals surface area contributed by atoms with Crippen LogP contribution in [0.4, 0.5) is 5.69 Å². The van der Waals surface area contributed by atoms with Gasteiger partial charge in [0.2, 0.25) is 0 Å². The number of ketones is 1. The lowest BCUT2D eigenvalue weighted by molar-refractivity contribution is -0.159. The summed E-state index contributed by atoms with van der Waals surface area (Å²) in [5, 5.41) is 3.38. The summed E-state index contributed by atoms with van der Waals surface area (Å²) in [5.74, 6) is -2.53. The summed E-state index contributed by atoms with van der Waals surface area (Å²) in [6.07, 6.45) is 0.369. The van der Waals surface area contributed by atoms with E-state index in [9.17, 15) is 14.4 Å². The molecule has 0 aliphatic heterocycles. The monoisotopic (exact) mass is 383 g/mol. The molecule has 0 amide bonds. The number of benzene rings is 2. The van der Waals surface area contributed by atoms with Gasteiger partial charge in [-0.1, -0.05) is 48.5 Å². The van der Waals surface area contributed by atoms with Gasteiger partial charge in [-0.3, -0.25) is 14.4 Å². The first-order valence-electron chi connectivity index (χ1n) is 9.09. The van der Waals surface area contributed by atoms with Gasteiger partial charge in [0.15, 0.2) is 5.92 Å². The van der Waals surface area contributed by atoms with Gasteiger partial charge < -0.3 is 14.8 Å². The Morgan fingerprint density at radius 2 is 1.39 bits per heavy atom. The largest absolute Gasteiger partial charge is 0.468 e. The van der Waals surface area contributed by atoms with Crippen molar-refractivity contribution in [3.63, 3.8) is 0 Å². The maximum absolute atomic E-state index is 12.6. The number of esters is 2. The van der Waals surface area contributed by atoms with Gasteiger partial charge in [-0.2, -0.15) is 0 Å². The molecule has 1 atom stereocenters. The average molecular weight is 383 g/mol. The van der Waals surface area contributed by atoms with Crippen LogP contribution in [0, 0.1) is 5.92 Å². The van der Waals surface area contributed by atoms with Gasteiger partial charge in [0.05, 0.1) is 20.3 Å². The molecule has 1 N–H and O–H groups in total. The quantitative estimate of drug-likeness (QED) is 0.499. The first kappa shape index (κ1) is 21.2. The number of hydrogen-bond acceptors (Lipinski definition) is 6. The molecule has 148 valence electrons. The lowest BCUT2D eigenvalue weighted by Gasteiger charge is -2.20. The van der Waals surface area contributed by atoms with Crippen LogP contribution in [0.15, 0.2) is 60.7 Å². The predicted octanol–water partition coefficient (Wildman–Crippen LogP) is 3.54. The van der Waals surface area contributed by atoms with Crippen LogP contribution in [0.2, 0.25) is 0 Å². The first-order valence-corrected chi connectivity index (χ1v) is 9.09. The Kier molecular flexibility index (Phi) is 8.21. The van der Waals surface area contributed by atoms with Crippen molar-refractivity contribution in [2.45, 2.75) is 25.3 Å². The van der Waals surface area contributed by atoms with Crippen LogP contribution in [0.5, 0.6) is 0 Å². The average Bonchev–Trinajstić information content (AvgIpc) is 2.74. The summed E-state index contributed by atoms with van der Waals surface area (Å²) >= 11 is 0. The van der Waals surface area contributed by atoms with Crippen LogP contribution in [0.25, 0.3) is 0 Å². The number of ether oxygens (including phenoxy) is 2. The minimum absolute atomic E-state index is 0.0601. The van der Waals surface area contributed by atoms with E-state index in [-0.39, 0.29) is 31.1 Å². The van der Waals surface area contributed by atoms with Crippen LogP contribution < -0.4 is 5.32 Å². The highest BCUT2D eigenvalue weighted by molar-refractivity contribution is 5.95. The van der Waals surface area contributed by atoms with E-state index < -0.39 is 17.9 Å². The van der Waals surface area contributed by atoms with Gasteiger partial charge >= 0.3 is 11.9 Å². The molecule has 0 aliphatic rings. The SMILES string of the molecule is COC(=O)C(CCC(=O)C[C@H](Nc1ccccc1)c1ccccc1)C(=O)OC. The molecule has 0 saturated carbocycles. The van der Waals surface area contributed by atoms with E-state index in [1.54, 1.807) is 0 Å². The van der Waals surface area contributed by atoms with Gasteiger partial charge in [-0.05, 0) is 24.1 Å². The molecule has 28 heavy (non-hydrogen) atoms. The highest BCUT2D eigenvalue weighted by Crippen LogP contribution is 2.24. The Labute approximate surface area is 164 Å². The first-order chi connectivity index (χ1) is 13.5. The fraction of sp³-hybridized carbons (Fsp3) is 0.318. The number of nitrogens with one attached hydrogen (secondary N) is 1. The van der Waals surface area contributed by atoms with Crippen molar-refractivity contribution in [3.8, 4) is 0 Å². The fourth-order valence-electron chi connectivity index (χ4n) is 2.92. The summed E-state index contributed by atoms with van der Waals surface area (Å²) in [5.41, 5.74) is 1.89. The van der Waals surface area contributed by atoms with E-state index in [2.05, 4.69) is 14.8 Å². The van der Waals surface area contributed by atoms with Gasteiger partial charge in [0.1, 0.15) is 5.78 Å². The van der Waals surface area contributed by atoms with Gasteiger partial charge in [-0.25, -0.2) is 0 Å². The lowest BCUT2D eigenvalue weighted by atomic mass is 9.96. The summed E-state index contributed by atoms with van der Waals surface area (Å²) in [6.45, 7) is 0. The van der Waals surface area contributed by atoms with E-state index in [0.717, 1.165) is 11.3 Å². The zero-order valence-corrected chi connectivity index (χ0v) is 16.1. The number of para-hydroxylation sites is 1. The van der Waals surface area contributed by atoms with Crippen molar-refractivity contribution in [1.29, 1.82) is 0 Å². The Morgan fingerprint density at radius 3 is 1.93 bits per heavy atom. The molecule has 0 aliphatic carbocycles. The molecule has 0 saturated heterocycles. The van der Waals surface area contributed by atoms with E-state index in [1.165, 1.54) is 14.2 Å². The van der Waals surface area contributed by atoms with Crippen molar-refractivity contribution < 1.29 is 23.9 Å². The van der Waals surface area contributed by atoms with Crippen molar-refractivity contribution in [2.75, 3.05) is 19.5 Å². The van der Waals surface area contributed by atoms with Gasteiger partial charge in [0.25, 0.3) is 0 Å². The molecule has 2 rings (SSSR count). The second-order valence-corrected chi connectivity index (χ2v) is 6.35. The molecule has 2 aromatic carbocycles. The Balaban J connectivity index is 2.05. The Hall–Kier alpha value is -3.15. The van der Waals surface area contributed by atoms with Gasteiger partial charge in [0, 0.05) is 18.5 Å². The predicted molar refractivity (Wildman–Crippen MR) is 106 cm³/mol. The van der Waals surface area contributed by atoms with Crippen molar-refractivity contribution in [2.24, 2.45) is 5.92 Å². The summed E-state index contributed by atoms with van der Waals surface area (Å²) < 4.78 is 9.27. The van der Waals surface area contributed by atoms with Crippen molar-refractivity contribution in [3.05, 3.63) is 66.2 Å². The molecule has 0 unspecified atom stereocenters. The standard InChI is InChI=1S/C22H25NO5/c1-27-21(25)19(22(26)28-2)14-13-18(24)15-20(16-9-5-3-6-10-16)23-17-11-7-4-8-12-17/h3-12,19-20,23H,13-15H2,1-2H3/t20-/m0/s1. The minimum atomic E-state index is -1.09. The second kappa shape index (κ2) is 10.9. The maximum Gasteiger partial charge on any atom is 0.320 e. The van der Waals surface area contributed by atoms with Crippen LogP contribution in [-0.4, -0.2) is 31.9 Å². The Morgan fingerprint density at radius 1 is 0.857 bits per heavy atom. The molecule has 0 bridgehead atoms. The molecular weight excluding hydrogens is 358 g/mol. The number of anilines is 1. The Bertz CT molecular complexity index is 760. The molecule has 6 nitrogen and oxygen atoms in total. The molecule has 0 heterocycles. The van der Waals surface area contributed by atoms with E-state index >= 15 is 0 Å². The third-order valence-electron chi connectivity index (χ3n) is 4.43. The van der Waals surface area contributed by atoms with Crippen LogP contribution >= 0.6 is 0 Å². The van der Waals surface area contributed by atoms with E-state index in [1.807, 2.05) is 60.7 Å². The fourth-order valence-corrected chi connectivity index (χ4v) is 2.92. The molecule has 0 spiro atoms. The number of carbonyl (C=O) groups is 3. The molecule has 0 fully saturated rings. The molecule has 2 aromatic rings. The molecule has 0 radical (unpaired) electrons. The number of Topliss-reactive ketones (excluding diaryl/α,β-unsaturated/α-hetero) is 1. The summed E-state index contributed by atoms with van der Waals surface area (Å²) in [4.78, 5) is 36.1. The van der Waals surface area contributed by atoms with E-state index in [4.69, 9.17) is 0 Å². The van der Waals surface area contributed by atoms with E-state index in [0.29, 0.717) is 0 Å². The lowest BCUT2D eigenvalue weighted by Crippen LogP contribution is -2.27. The summed E-state index contributed by atoms with van der Waals surface area (Å²) in [6, 6.07) is 19.1. The third kappa shape index (κ3) is 6.23. The second-order valence-electron chi connectivity index (χ2n) is 6.35. The zero-order valence-electron chi connectivity index (χ0n) is 16.1. The van der Waals surface area contributed by atoms with Crippen LogP contribution in [0.3, 0.4) is 0 Å². The van der Waals surface area contributed by atoms with Crippen LogP contribution in [0.1, 0.15) is 30.9 Å². The zero-order chi connectivity index (χ0) is 20.4. The minimum Gasteiger partial charge on any atom is -0.468 e. The number of rotatable bonds is 10.